The number of hydrogen-bond donors (Lipinski definition) is 2. The molecule has 1 aliphatic carbocycles. The number of nitrogens with one attached hydrogen (secondary N) is 1. The van der Waals surface area contributed by atoms with Gasteiger partial charge in [-0.15, -0.1) is 0 Å². The van der Waals surface area contributed by atoms with Gasteiger partial charge in [0.25, 0.3) is 0 Å². The lowest BCUT2D eigenvalue weighted by Crippen LogP contribution is -2.13. The number of aliphatic hydroxyl groups is 1. The minimum absolute atomic E-state index is 0.0165. The van der Waals surface area contributed by atoms with Crippen LogP contribution in [-0.4, -0.2) is 12.2 Å². The summed E-state index contributed by atoms with van der Waals surface area (Å²) in [5.41, 5.74) is 4.45. The molecule has 0 heterocycles. The number of hydrogen-bond acceptors (Lipinski definition) is 3. The molecule has 116 valence electrons. The van der Waals surface area contributed by atoms with Crippen molar-refractivity contribution in [2.45, 2.75) is 32.4 Å². The van der Waals surface area contributed by atoms with Gasteiger partial charge in [-0.05, 0) is 49.4 Å². The van der Waals surface area contributed by atoms with Crippen LogP contribution in [0.1, 0.15) is 35.6 Å². The summed E-state index contributed by atoms with van der Waals surface area (Å²) < 4.78 is 5.27. The van der Waals surface area contributed by atoms with Crippen LogP contribution in [0.4, 0.5) is 5.69 Å². The highest BCUT2D eigenvalue weighted by Crippen LogP contribution is 2.43. The first-order valence-electron chi connectivity index (χ1n) is 7.82. The molecule has 2 N–H and O–H groups in total. The molecule has 2 aromatic carbocycles. The average Bonchev–Trinajstić information content (AvgIpc) is 3.38. The second-order valence-electron chi connectivity index (χ2n) is 6.05. The van der Waals surface area contributed by atoms with Crippen LogP contribution in [0.3, 0.4) is 0 Å². The van der Waals surface area contributed by atoms with Gasteiger partial charge in [-0.3, -0.25) is 0 Å². The van der Waals surface area contributed by atoms with Gasteiger partial charge in [0.1, 0.15) is 5.75 Å². The second kappa shape index (κ2) is 6.41. The summed E-state index contributed by atoms with van der Waals surface area (Å²) in [5, 5.41) is 13.1. The van der Waals surface area contributed by atoms with Crippen LogP contribution >= 0.6 is 0 Å². The highest BCUT2D eigenvalue weighted by molar-refractivity contribution is 5.53. The van der Waals surface area contributed by atoms with Gasteiger partial charge in [-0.25, -0.2) is 0 Å². The second-order valence-corrected chi connectivity index (χ2v) is 6.05. The summed E-state index contributed by atoms with van der Waals surface area (Å²) in [4.78, 5) is 0. The van der Waals surface area contributed by atoms with E-state index in [0.29, 0.717) is 12.0 Å². The van der Waals surface area contributed by atoms with E-state index in [-0.39, 0.29) is 6.61 Å². The van der Waals surface area contributed by atoms with Gasteiger partial charge in [0.2, 0.25) is 0 Å². The highest BCUT2D eigenvalue weighted by atomic mass is 16.5. The third-order valence-corrected chi connectivity index (χ3v) is 4.30. The number of aryl methyl sites for hydroxylation is 1. The number of anilines is 1. The first-order chi connectivity index (χ1) is 10.7. The Morgan fingerprint density at radius 3 is 2.50 bits per heavy atom. The maximum atomic E-state index is 9.47. The predicted octanol–water partition coefficient (Wildman–Crippen LogP) is 4.06. The molecule has 2 aromatic rings. The Kier molecular flexibility index (Phi) is 4.34. The van der Waals surface area contributed by atoms with Gasteiger partial charge in [0, 0.05) is 11.3 Å². The lowest BCUT2D eigenvalue weighted by atomic mass is 10.0. The molecule has 3 heteroatoms. The minimum Gasteiger partial charge on any atom is -0.496 e. The first-order valence-corrected chi connectivity index (χ1v) is 7.82. The van der Waals surface area contributed by atoms with E-state index in [0.717, 1.165) is 17.0 Å². The average molecular weight is 297 g/mol. The smallest absolute Gasteiger partial charge is 0.124 e. The monoisotopic (exact) mass is 297 g/mol. The summed E-state index contributed by atoms with van der Waals surface area (Å²) in [5.74, 6) is 1.42. The molecule has 0 radical (unpaired) electrons. The molecule has 0 aromatic heterocycles. The Balaban J connectivity index is 1.83. The summed E-state index contributed by atoms with van der Waals surface area (Å²) in [6.45, 7) is 2.09. The van der Waals surface area contributed by atoms with E-state index in [2.05, 4.69) is 36.5 Å². The largest absolute Gasteiger partial charge is 0.496 e. The minimum atomic E-state index is -0.0165. The van der Waals surface area contributed by atoms with Gasteiger partial charge < -0.3 is 15.2 Å². The number of benzene rings is 2. The number of methoxy groups -OCH3 is 1. The Morgan fingerprint density at radius 1 is 1.18 bits per heavy atom. The quantitative estimate of drug-likeness (QED) is 0.845. The van der Waals surface area contributed by atoms with E-state index in [9.17, 15) is 5.11 Å². The third kappa shape index (κ3) is 3.25. The fraction of sp³-hybridized carbons (Fsp3) is 0.368. The van der Waals surface area contributed by atoms with Crippen molar-refractivity contribution in [2.75, 3.05) is 12.4 Å². The topological polar surface area (TPSA) is 41.5 Å². The van der Waals surface area contributed by atoms with E-state index in [1.807, 2.05) is 18.2 Å². The maximum Gasteiger partial charge on any atom is 0.124 e. The first kappa shape index (κ1) is 14.9. The fourth-order valence-corrected chi connectivity index (χ4v) is 2.85. The Labute approximate surface area is 131 Å². The normalized spacial score (nSPS) is 15.4. The van der Waals surface area contributed by atoms with Crippen LogP contribution in [0, 0.1) is 12.8 Å². The molecular weight excluding hydrogens is 274 g/mol. The molecule has 1 saturated carbocycles. The molecule has 1 unspecified atom stereocenters. The summed E-state index contributed by atoms with van der Waals surface area (Å²) in [7, 11) is 1.63. The van der Waals surface area contributed by atoms with Crippen LogP contribution < -0.4 is 10.1 Å². The zero-order valence-corrected chi connectivity index (χ0v) is 13.2. The van der Waals surface area contributed by atoms with Crippen LogP contribution in [0.15, 0.2) is 42.5 Å². The molecule has 1 aliphatic rings. The summed E-state index contributed by atoms with van der Waals surface area (Å²) in [6.07, 6.45) is 2.54. The van der Waals surface area contributed by atoms with Crippen molar-refractivity contribution < 1.29 is 9.84 Å². The van der Waals surface area contributed by atoms with E-state index in [1.54, 1.807) is 7.11 Å². The molecule has 0 amide bonds. The lowest BCUT2D eigenvalue weighted by Gasteiger charge is -2.21. The van der Waals surface area contributed by atoms with Gasteiger partial charge in [0.15, 0.2) is 0 Å². The molecule has 3 rings (SSSR count). The van der Waals surface area contributed by atoms with Crippen molar-refractivity contribution in [3.8, 4) is 5.75 Å². The zero-order valence-electron chi connectivity index (χ0n) is 13.2. The summed E-state index contributed by atoms with van der Waals surface area (Å²) >= 11 is 0. The molecule has 3 nitrogen and oxygen atoms in total. The van der Waals surface area contributed by atoms with Gasteiger partial charge in [-0.1, -0.05) is 29.8 Å². The van der Waals surface area contributed by atoms with Gasteiger partial charge in [-0.2, -0.15) is 0 Å². The molecule has 0 aliphatic heterocycles. The molecule has 1 fully saturated rings. The number of ether oxygens (including phenoxy) is 1. The molecule has 22 heavy (non-hydrogen) atoms. The zero-order chi connectivity index (χ0) is 15.5. The SMILES string of the molecule is COc1ccc(NC(c2ccc(C)cc2)C2CC2)cc1CO. The Hall–Kier alpha value is -2.00. The van der Waals surface area contributed by atoms with E-state index in [4.69, 9.17) is 4.74 Å². The van der Waals surface area contributed by atoms with Crippen LogP contribution in [0.2, 0.25) is 0 Å². The maximum absolute atomic E-state index is 9.47. The molecule has 0 bridgehead atoms. The van der Waals surface area contributed by atoms with Crippen LogP contribution in [0.25, 0.3) is 0 Å². The Morgan fingerprint density at radius 2 is 1.91 bits per heavy atom. The van der Waals surface area contributed by atoms with Crippen molar-refractivity contribution >= 4 is 5.69 Å². The molecule has 1 atom stereocenters. The van der Waals surface area contributed by atoms with Crippen molar-refractivity contribution in [2.24, 2.45) is 5.92 Å². The van der Waals surface area contributed by atoms with Crippen molar-refractivity contribution in [1.29, 1.82) is 0 Å². The van der Waals surface area contributed by atoms with Crippen molar-refractivity contribution in [3.63, 3.8) is 0 Å². The van der Waals surface area contributed by atoms with Gasteiger partial charge in [0.05, 0.1) is 19.8 Å². The predicted molar refractivity (Wildman–Crippen MR) is 89.2 cm³/mol. The van der Waals surface area contributed by atoms with Crippen molar-refractivity contribution in [3.05, 3.63) is 59.2 Å². The van der Waals surface area contributed by atoms with E-state index >= 15 is 0 Å². The van der Waals surface area contributed by atoms with Gasteiger partial charge >= 0.3 is 0 Å². The standard InChI is InChI=1S/C19H23NO2/c1-13-3-5-14(6-4-13)19(15-7-8-15)20-17-9-10-18(22-2)16(11-17)12-21/h3-6,9-11,15,19-21H,7-8,12H2,1-2H3. The molecular formula is C19H23NO2. The van der Waals surface area contributed by atoms with Crippen molar-refractivity contribution in [1.82, 2.24) is 0 Å². The number of rotatable bonds is 6. The molecule has 0 saturated heterocycles. The highest BCUT2D eigenvalue weighted by Gasteiger charge is 2.32. The summed E-state index contributed by atoms with van der Waals surface area (Å²) in [6, 6.07) is 15.0. The lowest BCUT2D eigenvalue weighted by molar-refractivity contribution is 0.274. The van der Waals surface area contributed by atoms with Crippen LogP contribution in [0.5, 0.6) is 5.75 Å². The van der Waals surface area contributed by atoms with E-state index in [1.165, 1.54) is 24.0 Å². The van der Waals surface area contributed by atoms with E-state index < -0.39 is 0 Å². The number of aliphatic hydroxyl groups excluding tert-OH is 1. The third-order valence-electron chi connectivity index (χ3n) is 4.30. The van der Waals surface area contributed by atoms with Crippen LogP contribution in [-0.2, 0) is 6.61 Å². The molecule has 0 spiro atoms. The fourth-order valence-electron chi connectivity index (χ4n) is 2.85. The Bertz CT molecular complexity index is 632.